The van der Waals surface area contributed by atoms with Gasteiger partial charge in [0.1, 0.15) is 17.5 Å². The van der Waals surface area contributed by atoms with Gasteiger partial charge in [-0.05, 0) is 73.1 Å². The Hall–Kier alpha value is -2.80. The summed E-state index contributed by atoms with van der Waals surface area (Å²) in [4.78, 5) is 15.6. The number of benzene rings is 2. The molecule has 1 heterocycles. The number of hydrogen-bond donors (Lipinski definition) is 3. The van der Waals surface area contributed by atoms with Crippen LogP contribution in [-0.4, -0.2) is 27.6 Å². The highest BCUT2D eigenvalue weighted by Gasteiger charge is 2.37. The molecule has 2 fully saturated rings. The average Bonchev–Trinajstić information content (AvgIpc) is 3.10. The normalized spacial score (nSPS) is 22.2. The number of H-pyrrole nitrogens is 1. The molecule has 5 rings (SSSR count). The highest BCUT2D eigenvalue weighted by atomic mass is 19.1. The zero-order chi connectivity index (χ0) is 23.2. The van der Waals surface area contributed by atoms with Crippen LogP contribution in [0.15, 0.2) is 36.4 Å². The summed E-state index contributed by atoms with van der Waals surface area (Å²) in [7, 11) is 0. The molecule has 0 bridgehead atoms. The quantitative estimate of drug-likeness (QED) is 0.461. The van der Waals surface area contributed by atoms with Crippen LogP contribution in [0.3, 0.4) is 0 Å². The number of hydrogen-bond acceptors (Lipinski definition) is 2. The highest BCUT2D eigenvalue weighted by Crippen LogP contribution is 2.46. The molecular weight excluding hydrogens is 429 g/mol. The number of halogens is 3. The van der Waals surface area contributed by atoms with Gasteiger partial charge in [-0.25, -0.2) is 13.2 Å². The smallest absolute Gasteiger partial charge is 0.223 e. The van der Waals surface area contributed by atoms with E-state index in [2.05, 4.69) is 10.3 Å². The highest BCUT2D eigenvalue weighted by molar-refractivity contribution is 5.92. The maximum atomic E-state index is 14.5. The molecule has 3 aromatic rings. The van der Waals surface area contributed by atoms with Gasteiger partial charge >= 0.3 is 0 Å². The summed E-state index contributed by atoms with van der Waals surface area (Å²) in [5, 5.41) is 14.1. The van der Waals surface area contributed by atoms with E-state index in [1.807, 2.05) is 0 Å². The zero-order valence-corrected chi connectivity index (χ0v) is 18.3. The largest absolute Gasteiger partial charge is 0.389 e. The van der Waals surface area contributed by atoms with Crippen LogP contribution in [0.5, 0.6) is 0 Å². The topological polar surface area (TPSA) is 65.1 Å². The molecule has 2 saturated carbocycles. The molecule has 3 N–H and O–H groups in total. The van der Waals surface area contributed by atoms with Gasteiger partial charge in [0, 0.05) is 17.5 Å². The van der Waals surface area contributed by atoms with Gasteiger partial charge in [-0.2, -0.15) is 0 Å². The summed E-state index contributed by atoms with van der Waals surface area (Å²) in [6.45, 7) is 0. The van der Waals surface area contributed by atoms with Crippen LogP contribution in [0, 0.1) is 17.5 Å². The molecule has 0 radical (unpaired) electrons. The van der Waals surface area contributed by atoms with Crippen molar-refractivity contribution in [3.05, 3.63) is 59.4 Å². The summed E-state index contributed by atoms with van der Waals surface area (Å²) in [5.74, 6) is -1.87. The molecule has 33 heavy (non-hydrogen) atoms. The van der Waals surface area contributed by atoms with Gasteiger partial charge in [-0.3, -0.25) is 4.79 Å². The SMILES string of the molecule is O=C(CC1(O)CCCCC1)NC1CC(c2c(-c3ccc(F)cc3)[nH]c3c(F)cc(F)cc23)C1. The first-order chi connectivity index (χ1) is 15.8. The maximum absolute atomic E-state index is 14.5. The number of aromatic amines is 1. The molecule has 4 nitrogen and oxygen atoms in total. The first-order valence-electron chi connectivity index (χ1n) is 11.6. The number of amides is 1. The molecule has 0 saturated heterocycles. The van der Waals surface area contributed by atoms with Crippen molar-refractivity contribution in [2.45, 2.75) is 68.9 Å². The van der Waals surface area contributed by atoms with Gasteiger partial charge in [0.25, 0.3) is 0 Å². The van der Waals surface area contributed by atoms with Crippen LogP contribution < -0.4 is 5.32 Å². The molecule has 2 aromatic carbocycles. The van der Waals surface area contributed by atoms with E-state index in [4.69, 9.17) is 0 Å². The molecule has 0 unspecified atom stereocenters. The summed E-state index contributed by atoms with van der Waals surface area (Å²) >= 11 is 0. The third kappa shape index (κ3) is 4.38. The van der Waals surface area contributed by atoms with E-state index in [0.29, 0.717) is 42.3 Å². The predicted molar refractivity (Wildman–Crippen MR) is 120 cm³/mol. The minimum Gasteiger partial charge on any atom is -0.389 e. The van der Waals surface area contributed by atoms with E-state index >= 15 is 0 Å². The zero-order valence-electron chi connectivity index (χ0n) is 18.3. The summed E-state index contributed by atoms with van der Waals surface area (Å²) in [6.07, 6.45) is 5.65. The first kappa shape index (κ1) is 22.0. The van der Waals surface area contributed by atoms with Crippen molar-refractivity contribution < 1.29 is 23.1 Å². The number of carbonyl (C=O) groups excluding carboxylic acids is 1. The second kappa shape index (κ2) is 8.52. The van der Waals surface area contributed by atoms with Crippen molar-refractivity contribution >= 4 is 16.8 Å². The minimum atomic E-state index is -0.910. The number of rotatable bonds is 5. The Morgan fingerprint density at radius 2 is 1.73 bits per heavy atom. The Balaban J connectivity index is 1.36. The Bertz CT molecular complexity index is 1180. The van der Waals surface area contributed by atoms with Crippen molar-refractivity contribution in [2.24, 2.45) is 0 Å². The second-order valence-electron chi connectivity index (χ2n) is 9.63. The standard InChI is InChI=1S/C26H27F3N2O2/c27-17-6-4-15(5-7-17)24-23(20-12-18(28)13-21(29)25(20)31-24)16-10-19(11-16)30-22(32)14-26(33)8-2-1-3-9-26/h4-7,12-13,16,19,31,33H,1-3,8-11,14H2,(H,30,32). The molecule has 0 aliphatic heterocycles. The van der Waals surface area contributed by atoms with Gasteiger partial charge in [0.15, 0.2) is 0 Å². The minimum absolute atomic E-state index is 0.0110. The lowest BCUT2D eigenvalue weighted by Gasteiger charge is -2.38. The number of fused-ring (bicyclic) bond motifs is 1. The van der Waals surface area contributed by atoms with Crippen LogP contribution in [0.25, 0.3) is 22.2 Å². The summed E-state index contributed by atoms with van der Waals surface area (Å²) in [6, 6.07) is 8.00. The number of carbonyl (C=O) groups is 1. The van der Waals surface area contributed by atoms with Gasteiger partial charge in [-0.15, -0.1) is 0 Å². The van der Waals surface area contributed by atoms with Crippen LogP contribution in [0.1, 0.15) is 62.8 Å². The molecule has 0 atom stereocenters. The van der Waals surface area contributed by atoms with Crippen LogP contribution in [-0.2, 0) is 4.79 Å². The average molecular weight is 457 g/mol. The molecule has 7 heteroatoms. The van der Waals surface area contributed by atoms with Gasteiger partial charge < -0.3 is 15.4 Å². The van der Waals surface area contributed by atoms with E-state index in [-0.39, 0.29) is 35.6 Å². The van der Waals surface area contributed by atoms with Crippen LogP contribution in [0.2, 0.25) is 0 Å². The Labute approximate surface area is 190 Å². The van der Waals surface area contributed by atoms with Gasteiger partial charge in [0.05, 0.1) is 23.2 Å². The summed E-state index contributed by atoms with van der Waals surface area (Å²) in [5.41, 5.74) is 1.42. The third-order valence-electron chi connectivity index (χ3n) is 7.18. The van der Waals surface area contributed by atoms with Crippen LogP contribution in [0.4, 0.5) is 13.2 Å². The van der Waals surface area contributed by atoms with Crippen molar-refractivity contribution in [1.82, 2.24) is 10.3 Å². The van der Waals surface area contributed by atoms with E-state index in [1.165, 1.54) is 18.2 Å². The molecule has 2 aliphatic carbocycles. The second-order valence-corrected chi connectivity index (χ2v) is 9.63. The van der Waals surface area contributed by atoms with Gasteiger partial charge in [-0.1, -0.05) is 19.3 Å². The summed E-state index contributed by atoms with van der Waals surface area (Å²) < 4.78 is 42.0. The molecular formula is C26H27F3N2O2. The number of aromatic nitrogens is 1. The molecule has 0 spiro atoms. The lowest BCUT2D eigenvalue weighted by molar-refractivity contribution is -0.128. The fourth-order valence-corrected chi connectivity index (χ4v) is 5.44. The predicted octanol–water partition coefficient (Wildman–Crippen LogP) is 5.70. The number of aliphatic hydroxyl groups is 1. The Morgan fingerprint density at radius 1 is 1.03 bits per heavy atom. The fraction of sp³-hybridized carbons (Fsp3) is 0.423. The van der Waals surface area contributed by atoms with E-state index in [0.717, 1.165) is 30.9 Å². The Kier molecular flexibility index (Phi) is 5.69. The molecule has 1 aromatic heterocycles. The van der Waals surface area contributed by atoms with Crippen molar-refractivity contribution in [3.63, 3.8) is 0 Å². The van der Waals surface area contributed by atoms with E-state index in [1.54, 1.807) is 12.1 Å². The molecule has 174 valence electrons. The molecule has 1 amide bonds. The van der Waals surface area contributed by atoms with Crippen molar-refractivity contribution in [3.8, 4) is 11.3 Å². The number of nitrogens with one attached hydrogen (secondary N) is 2. The first-order valence-corrected chi connectivity index (χ1v) is 11.6. The lowest BCUT2D eigenvalue weighted by atomic mass is 9.74. The van der Waals surface area contributed by atoms with Gasteiger partial charge in [0.2, 0.25) is 5.91 Å². The van der Waals surface area contributed by atoms with E-state index in [9.17, 15) is 23.1 Å². The monoisotopic (exact) mass is 456 g/mol. The Morgan fingerprint density at radius 3 is 2.42 bits per heavy atom. The lowest BCUT2D eigenvalue weighted by Crippen LogP contribution is -2.46. The maximum Gasteiger partial charge on any atom is 0.223 e. The fourth-order valence-electron chi connectivity index (χ4n) is 5.44. The van der Waals surface area contributed by atoms with Crippen molar-refractivity contribution in [2.75, 3.05) is 0 Å². The third-order valence-corrected chi connectivity index (χ3v) is 7.18. The van der Waals surface area contributed by atoms with Crippen LogP contribution >= 0.6 is 0 Å². The van der Waals surface area contributed by atoms with Crippen molar-refractivity contribution in [1.29, 1.82) is 0 Å². The molecule has 2 aliphatic rings. The van der Waals surface area contributed by atoms with E-state index < -0.39 is 17.2 Å².